The van der Waals surface area contributed by atoms with Gasteiger partial charge in [-0.15, -0.1) is 0 Å². The van der Waals surface area contributed by atoms with Gasteiger partial charge in [-0.1, -0.05) is 0 Å². The van der Waals surface area contributed by atoms with Crippen LogP contribution in [0.5, 0.6) is 0 Å². The van der Waals surface area contributed by atoms with Gasteiger partial charge in [0.1, 0.15) is 11.6 Å². The van der Waals surface area contributed by atoms with E-state index in [0.717, 1.165) is 31.5 Å². The summed E-state index contributed by atoms with van der Waals surface area (Å²) in [4.78, 5) is -0.341. The highest BCUT2D eigenvalue weighted by Crippen LogP contribution is 2.22. The Kier molecular flexibility index (Phi) is 4.95. The fourth-order valence-electron chi connectivity index (χ4n) is 2.53. The summed E-state index contributed by atoms with van der Waals surface area (Å²) >= 11 is 0. The van der Waals surface area contributed by atoms with Crippen molar-refractivity contribution in [1.82, 2.24) is 9.62 Å². The molecule has 1 fully saturated rings. The number of rotatable bonds is 5. The van der Waals surface area contributed by atoms with E-state index in [1.165, 1.54) is 4.31 Å². The minimum Gasteiger partial charge on any atom is -0.313 e. The summed E-state index contributed by atoms with van der Waals surface area (Å²) in [6.45, 7) is 4.67. The third-order valence-electron chi connectivity index (χ3n) is 3.58. The van der Waals surface area contributed by atoms with Crippen LogP contribution in [0.1, 0.15) is 26.7 Å². The van der Waals surface area contributed by atoms with E-state index in [4.69, 9.17) is 0 Å². The zero-order chi connectivity index (χ0) is 15.6. The van der Waals surface area contributed by atoms with Crippen LogP contribution in [0.25, 0.3) is 0 Å². The third-order valence-corrected chi connectivity index (χ3v) is 5.60. The van der Waals surface area contributed by atoms with Crippen LogP contribution in [0.2, 0.25) is 0 Å². The maximum Gasteiger partial charge on any atom is 0.243 e. The monoisotopic (exact) mass is 318 g/mol. The Balaban J connectivity index is 2.32. The molecule has 0 amide bonds. The molecule has 1 N–H and O–H groups in total. The van der Waals surface area contributed by atoms with E-state index in [1.54, 1.807) is 13.8 Å². The average molecular weight is 318 g/mol. The van der Waals surface area contributed by atoms with Gasteiger partial charge in [0.15, 0.2) is 0 Å². The lowest BCUT2D eigenvalue weighted by Crippen LogP contribution is -2.44. The standard InChI is InChI=1S/C14H20F2N2O2S/c1-10(2)18(9-13-4-3-5-17-13)21(19,20)14-7-11(15)6-12(16)8-14/h6-8,10,13,17H,3-5,9H2,1-2H3. The molecule has 1 aromatic rings. The smallest absolute Gasteiger partial charge is 0.243 e. The van der Waals surface area contributed by atoms with Crippen LogP contribution < -0.4 is 5.32 Å². The fraction of sp³-hybridized carbons (Fsp3) is 0.571. The molecule has 0 bridgehead atoms. The van der Waals surface area contributed by atoms with Gasteiger partial charge in [-0.25, -0.2) is 17.2 Å². The molecule has 1 heterocycles. The summed E-state index contributed by atoms with van der Waals surface area (Å²) in [6.07, 6.45) is 1.90. The zero-order valence-corrected chi connectivity index (χ0v) is 13.0. The summed E-state index contributed by atoms with van der Waals surface area (Å²) in [6, 6.07) is 2.17. The molecule has 0 spiro atoms. The van der Waals surface area contributed by atoms with Gasteiger partial charge in [0.25, 0.3) is 0 Å². The molecule has 21 heavy (non-hydrogen) atoms. The molecule has 1 atom stereocenters. The first-order valence-corrected chi connectivity index (χ1v) is 8.46. The predicted octanol–water partition coefficient (Wildman–Crippen LogP) is 2.12. The first kappa shape index (κ1) is 16.3. The number of nitrogens with one attached hydrogen (secondary N) is 1. The van der Waals surface area contributed by atoms with Gasteiger partial charge in [0, 0.05) is 24.7 Å². The van der Waals surface area contributed by atoms with E-state index in [9.17, 15) is 17.2 Å². The molecule has 0 saturated carbocycles. The highest BCUT2D eigenvalue weighted by Gasteiger charge is 2.31. The Morgan fingerprint density at radius 3 is 2.38 bits per heavy atom. The molecule has 0 radical (unpaired) electrons. The summed E-state index contributed by atoms with van der Waals surface area (Å²) in [5.41, 5.74) is 0. The predicted molar refractivity (Wildman–Crippen MR) is 76.4 cm³/mol. The summed E-state index contributed by atoms with van der Waals surface area (Å²) in [5, 5.41) is 3.23. The third kappa shape index (κ3) is 3.78. The van der Waals surface area contributed by atoms with Crippen molar-refractivity contribution in [3.8, 4) is 0 Å². The Bertz CT molecular complexity index is 579. The Morgan fingerprint density at radius 1 is 1.29 bits per heavy atom. The molecule has 1 saturated heterocycles. The van der Waals surface area contributed by atoms with Gasteiger partial charge in [-0.2, -0.15) is 4.31 Å². The van der Waals surface area contributed by atoms with E-state index in [0.29, 0.717) is 12.6 Å². The Labute approximate surface area is 124 Å². The molecular formula is C14H20F2N2O2S. The van der Waals surface area contributed by atoms with Crippen LogP contribution >= 0.6 is 0 Å². The number of halogens is 2. The van der Waals surface area contributed by atoms with Crippen molar-refractivity contribution in [3.63, 3.8) is 0 Å². The van der Waals surface area contributed by atoms with Crippen LogP contribution in [0.3, 0.4) is 0 Å². The van der Waals surface area contributed by atoms with E-state index in [-0.39, 0.29) is 17.0 Å². The number of hydrogen-bond donors (Lipinski definition) is 1. The van der Waals surface area contributed by atoms with Gasteiger partial charge < -0.3 is 5.32 Å². The van der Waals surface area contributed by atoms with Crippen molar-refractivity contribution in [3.05, 3.63) is 29.8 Å². The van der Waals surface area contributed by atoms with E-state index in [1.807, 2.05) is 0 Å². The minimum absolute atomic E-state index is 0.0839. The molecular weight excluding hydrogens is 298 g/mol. The van der Waals surface area contributed by atoms with Crippen LogP contribution in [-0.2, 0) is 10.0 Å². The number of nitrogens with zero attached hydrogens (tertiary/aromatic N) is 1. The largest absolute Gasteiger partial charge is 0.313 e. The van der Waals surface area contributed by atoms with Crippen LogP contribution in [0.4, 0.5) is 8.78 Å². The summed E-state index contributed by atoms with van der Waals surface area (Å²) < 4.78 is 53.1. The van der Waals surface area contributed by atoms with Crippen LogP contribution in [-0.4, -0.2) is 37.9 Å². The van der Waals surface area contributed by atoms with Crippen LogP contribution in [0.15, 0.2) is 23.1 Å². The van der Waals surface area contributed by atoms with E-state index < -0.39 is 21.7 Å². The molecule has 1 aliphatic rings. The Hall–Kier alpha value is -1.05. The Morgan fingerprint density at radius 2 is 1.90 bits per heavy atom. The molecule has 4 nitrogen and oxygen atoms in total. The van der Waals surface area contributed by atoms with E-state index in [2.05, 4.69) is 5.32 Å². The fourth-order valence-corrected chi connectivity index (χ4v) is 4.25. The SMILES string of the molecule is CC(C)N(CC1CCCN1)S(=O)(=O)c1cc(F)cc(F)c1. The maximum absolute atomic E-state index is 13.3. The molecule has 1 aliphatic heterocycles. The normalized spacial score (nSPS) is 19.6. The lowest BCUT2D eigenvalue weighted by molar-refractivity contribution is 0.322. The lowest BCUT2D eigenvalue weighted by atomic mass is 10.2. The van der Waals surface area contributed by atoms with Crippen molar-refractivity contribution in [1.29, 1.82) is 0 Å². The molecule has 7 heteroatoms. The molecule has 118 valence electrons. The van der Waals surface area contributed by atoms with Crippen molar-refractivity contribution in [2.24, 2.45) is 0 Å². The minimum atomic E-state index is -3.92. The van der Waals surface area contributed by atoms with Crippen molar-refractivity contribution in [2.45, 2.75) is 43.7 Å². The van der Waals surface area contributed by atoms with Gasteiger partial charge in [-0.3, -0.25) is 0 Å². The lowest BCUT2D eigenvalue weighted by Gasteiger charge is -2.28. The topological polar surface area (TPSA) is 49.4 Å². The second kappa shape index (κ2) is 6.37. The second-order valence-electron chi connectivity index (χ2n) is 5.57. The van der Waals surface area contributed by atoms with Gasteiger partial charge in [0.2, 0.25) is 10.0 Å². The maximum atomic E-state index is 13.3. The highest BCUT2D eigenvalue weighted by molar-refractivity contribution is 7.89. The zero-order valence-electron chi connectivity index (χ0n) is 12.1. The summed E-state index contributed by atoms with van der Waals surface area (Å²) in [7, 11) is -3.92. The first-order chi connectivity index (χ1) is 9.80. The number of sulfonamides is 1. The van der Waals surface area contributed by atoms with Gasteiger partial charge >= 0.3 is 0 Å². The molecule has 0 aromatic heterocycles. The molecule has 0 aliphatic carbocycles. The second-order valence-corrected chi connectivity index (χ2v) is 7.46. The number of hydrogen-bond acceptors (Lipinski definition) is 3. The average Bonchev–Trinajstić information content (AvgIpc) is 2.87. The quantitative estimate of drug-likeness (QED) is 0.905. The first-order valence-electron chi connectivity index (χ1n) is 7.02. The van der Waals surface area contributed by atoms with Gasteiger partial charge in [-0.05, 0) is 45.4 Å². The molecule has 1 aromatic carbocycles. The summed E-state index contributed by atoms with van der Waals surface area (Å²) in [5.74, 6) is -1.78. The van der Waals surface area contributed by atoms with Crippen molar-refractivity contribution >= 4 is 10.0 Å². The van der Waals surface area contributed by atoms with Gasteiger partial charge in [0.05, 0.1) is 4.90 Å². The van der Waals surface area contributed by atoms with Crippen molar-refractivity contribution in [2.75, 3.05) is 13.1 Å². The van der Waals surface area contributed by atoms with E-state index >= 15 is 0 Å². The van der Waals surface area contributed by atoms with Crippen LogP contribution in [0, 0.1) is 11.6 Å². The molecule has 2 rings (SSSR count). The molecule has 1 unspecified atom stereocenters. The number of benzene rings is 1. The van der Waals surface area contributed by atoms with Crippen molar-refractivity contribution < 1.29 is 17.2 Å². The highest BCUT2D eigenvalue weighted by atomic mass is 32.2.